The molecular formula is C6H11LiO2. The SMILES string of the molecule is [CH-]=CC(C)OCOC.[Li+]. The van der Waals surface area contributed by atoms with Crippen LogP contribution in [0, 0.1) is 6.58 Å². The van der Waals surface area contributed by atoms with Crippen molar-refractivity contribution in [2.75, 3.05) is 13.9 Å². The first-order chi connectivity index (χ1) is 3.81. The first kappa shape index (κ1) is 12.0. The number of rotatable bonds is 4. The van der Waals surface area contributed by atoms with E-state index in [9.17, 15) is 0 Å². The van der Waals surface area contributed by atoms with Gasteiger partial charge in [-0.3, -0.25) is 0 Å². The minimum absolute atomic E-state index is 0. The Morgan fingerprint density at radius 1 is 1.67 bits per heavy atom. The van der Waals surface area contributed by atoms with Crippen molar-refractivity contribution < 1.29 is 28.3 Å². The molecule has 0 saturated heterocycles. The molecule has 0 rings (SSSR count). The molecule has 0 fully saturated rings. The Hall–Kier alpha value is 0.257. The molecule has 1 unspecified atom stereocenters. The largest absolute Gasteiger partial charge is 1.00 e. The fourth-order valence-electron chi connectivity index (χ4n) is 0.231. The van der Waals surface area contributed by atoms with Gasteiger partial charge in [0.15, 0.2) is 0 Å². The van der Waals surface area contributed by atoms with Crippen molar-refractivity contribution in [1.29, 1.82) is 0 Å². The van der Waals surface area contributed by atoms with Gasteiger partial charge in [0.05, 0.1) is 0 Å². The molecule has 0 saturated carbocycles. The van der Waals surface area contributed by atoms with Crippen molar-refractivity contribution in [3.63, 3.8) is 0 Å². The monoisotopic (exact) mass is 122 g/mol. The van der Waals surface area contributed by atoms with Crippen molar-refractivity contribution in [2.24, 2.45) is 0 Å². The van der Waals surface area contributed by atoms with E-state index in [2.05, 4.69) is 4.74 Å². The van der Waals surface area contributed by atoms with E-state index in [1.807, 2.05) is 6.92 Å². The smallest absolute Gasteiger partial charge is 0.515 e. The van der Waals surface area contributed by atoms with Crippen molar-refractivity contribution >= 4 is 0 Å². The van der Waals surface area contributed by atoms with Gasteiger partial charge in [0.2, 0.25) is 0 Å². The minimum atomic E-state index is -0.0186. The van der Waals surface area contributed by atoms with Crippen LogP contribution in [0.25, 0.3) is 0 Å². The molecule has 9 heavy (non-hydrogen) atoms. The zero-order valence-corrected chi connectivity index (χ0v) is 6.26. The first-order valence-corrected chi connectivity index (χ1v) is 2.47. The molecule has 0 heterocycles. The van der Waals surface area contributed by atoms with Gasteiger partial charge in [0.25, 0.3) is 0 Å². The summed E-state index contributed by atoms with van der Waals surface area (Å²) < 4.78 is 9.55. The molecule has 0 aliphatic carbocycles. The standard InChI is InChI=1S/C6H11O2.Li/c1-4-6(2)8-5-7-3;/h1,4,6H,5H2,2-3H3;/q-1;+1. The number of methoxy groups -OCH3 is 1. The molecule has 0 N–H and O–H groups in total. The summed E-state index contributed by atoms with van der Waals surface area (Å²) >= 11 is 0. The Balaban J connectivity index is 0. The van der Waals surface area contributed by atoms with Crippen molar-refractivity contribution in [1.82, 2.24) is 0 Å². The van der Waals surface area contributed by atoms with Gasteiger partial charge in [-0.25, -0.2) is 6.08 Å². The molecule has 0 spiro atoms. The molecule has 0 bridgehead atoms. The van der Waals surface area contributed by atoms with Gasteiger partial charge in [-0.15, -0.1) is 0 Å². The molecule has 0 radical (unpaired) electrons. The molecule has 48 valence electrons. The third-order valence-electron chi connectivity index (χ3n) is 0.720. The summed E-state index contributed by atoms with van der Waals surface area (Å²) in [6.45, 7) is 7.25. The summed E-state index contributed by atoms with van der Waals surface area (Å²) in [7, 11) is 1.57. The van der Waals surface area contributed by atoms with Gasteiger partial charge in [-0.1, -0.05) is 0 Å². The summed E-state index contributed by atoms with van der Waals surface area (Å²) in [5, 5.41) is 0. The second-order valence-corrected chi connectivity index (χ2v) is 1.47. The minimum Gasteiger partial charge on any atom is -0.515 e. The van der Waals surface area contributed by atoms with Gasteiger partial charge in [0.1, 0.15) is 6.79 Å². The van der Waals surface area contributed by atoms with E-state index in [4.69, 9.17) is 11.3 Å². The summed E-state index contributed by atoms with van der Waals surface area (Å²) in [6, 6.07) is 0. The van der Waals surface area contributed by atoms with Crippen molar-refractivity contribution in [3.8, 4) is 0 Å². The Morgan fingerprint density at radius 3 is 2.56 bits per heavy atom. The number of ether oxygens (including phenoxy) is 2. The quantitative estimate of drug-likeness (QED) is 0.244. The fraction of sp³-hybridized carbons (Fsp3) is 0.667. The average molecular weight is 122 g/mol. The van der Waals surface area contributed by atoms with E-state index in [0.717, 1.165) is 0 Å². The van der Waals surface area contributed by atoms with Crippen molar-refractivity contribution in [2.45, 2.75) is 13.0 Å². The van der Waals surface area contributed by atoms with Crippen LogP contribution < -0.4 is 18.9 Å². The Kier molecular flexibility index (Phi) is 11.0. The van der Waals surface area contributed by atoms with Crippen molar-refractivity contribution in [3.05, 3.63) is 12.7 Å². The van der Waals surface area contributed by atoms with E-state index < -0.39 is 0 Å². The van der Waals surface area contributed by atoms with Gasteiger partial charge in [-0.2, -0.15) is 0 Å². The molecule has 1 atom stereocenters. The van der Waals surface area contributed by atoms with Crippen LogP contribution in [0.4, 0.5) is 0 Å². The summed E-state index contributed by atoms with van der Waals surface area (Å²) in [5.74, 6) is 0. The third-order valence-corrected chi connectivity index (χ3v) is 0.720. The van der Waals surface area contributed by atoms with Gasteiger partial charge in [-0.05, 0) is 6.92 Å². The van der Waals surface area contributed by atoms with Crippen LogP contribution >= 0.6 is 0 Å². The number of hydrogen-bond acceptors (Lipinski definition) is 2. The maximum Gasteiger partial charge on any atom is 1.00 e. The van der Waals surface area contributed by atoms with E-state index >= 15 is 0 Å². The van der Waals surface area contributed by atoms with Crippen LogP contribution in [-0.2, 0) is 9.47 Å². The van der Waals surface area contributed by atoms with Crippen LogP contribution in [0.1, 0.15) is 6.92 Å². The summed E-state index contributed by atoms with van der Waals surface area (Å²) in [4.78, 5) is 0. The van der Waals surface area contributed by atoms with E-state index in [1.54, 1.807) is 7.11 Å². The third kappa shape index (κ3) is 8.26. The van der Waals surface area contributed by atoms with Crippen LogP contribution in [0.2, 0.25) is 0 Å². The summed E-state index contributed by atoms with van der Waals surface area (Å²) in [6.07, 6.45) is 1.45. The molecule has 0 amide bonds. The average Bonchev–Trinajstić information content (AvgIpc) is 1.83. The predicted molar refractivity (Wildman–Crippen MR) is 31.3 cm³/mol. The maximum atomic E-state index is 5.11. The second-order valence-electron chi connectivity index (χ2n) is 1.47. The van der Waals surface area contributed by atoms with Crippen LogP contribution in [0.5, 0.6) is 0 Å². The van der Waals surface area contributed by atoms with E-state index in [1.165, 1.54) is 6.08 Å². The van der Waals surface area contributed by atoms with E-state index in [-0.39, 0.29) is 25.0 Å². The van der Waals surface area contributed by atoms with Gasteiger partial charge < -0.3 is 16.1 Å². The summed E-state index contributed by atoms with van der Waals surface area (Å²) in [5.41, 5.74) is 0. The molecule has 0 aliphatic rings. The predicted octanol–water partition coefficient (Wildman–Crippen LogP) is -2.01. The molecule has 0 aromatic rings. The Bertz CT molecular complexity index is 66.1. The molecule has 0 aliphatic heterocycles. The second kappa shape index (κ2) is 8.26. The van der Waals surface area contributed by atoms with Crippen LogP contribution in [-0.4, -0.2) is 20.0 Å². The topological polar surface area (TPSA) is 18.5 Å². The normalized spacial score (nSPS) is 11.8. The molecule has 3 heteroatoms. The molecule has 2 nitrogen and oxygen atoms in total. The first-order valence-electron chi connectivity index (χ1n) is 2.47. The Morgan fingerprint density at radius 2 is 2.22 bits per heavy atom. The molecule has 0 aromatic carbocycles. The zero-order valence-electron chi connectivity index (χ0n) is 6.26. The molecular weight excluding hydrogens is 111 g/mol. The van der Waals surface area contributed by atoms with E-state index in [0.29, 0.717) is 6.79 Å². The maximum absolute atomic E-state index is 5.11. The Labute approximate surface area is 68.4 Å². The van der Waals surface area contributed by atoms with Crippen LogP contribution in [0.3, 0.4) is 0 Å². The van der Waals surface area contributed by atoms with Crippen LogP contribution in [0.15, 0.2) is 6.08 Å². The molecule has 0 aromatic heterocycles. The fourth-order valence-corrected chi connectivity index (χ4v) is 0.231. The van der Waals surface area contributed by atoms with Gasteiger partial charge in [0, 0.05) is 13.2 Å². The number of hydrogen-bond donors (Lipinski definition) is 0. The van der Waals surface area contributed by atoms with Gasteiger partial charge >= 0.3 is 18.9 Å². The zero-order chi connectivity index (χ0) is 6.41.